The molecule has 0 N–H and O–H groups in total. The zero-order valence-corrected chi connectivity index (χ0v) is 20.2. The lowest BCUT2D eigenvalue weighted by molar-refractivity contribution is -0.114. The summed E-state index contributed by atoms with van der Waals surface area (Å²) in [5.74, 6) is -1.13. The van der Waals surface area contributed by atoms with Crippen molar-refractivity contribution >= 4 is 35.1 Å². The van der Waals surface area contributed by atoms with E-state index >= 15 is 0 Å². The summed E-state index contributed by atoms with van der Waals surface area (Å²) in [6.45, 7) is 9.06. The van der Waals surface area contributed by atoms with Gasteiger partial charge >= 0.3 is 11.9 Å². The fourth-order valence-corrected chi connectivity index (χ4v) is 4.28. The van der Waals surface area contributed by atoms with Crippen molar-refractivity contribution in [3.63, 3.8) is 0 Å². The summed E-state index contributed by atoms with van der Waals surface area (Å²) < 4.78 is 16.0. The molecule has 0 atom stereocenters. The van der Waals surface area contributed by atoms with Gasteiger partial charge in [0.05, 0.1) is 30.5 Å². The highest BCUT2D eigenvalue weighted by molar-refractivity contribution is 7.14. The van der Waals surface area contributed by atoms with Gasteiger partial charge in [-0.1, -0.05) is 18.2 Å². The molecule has 8 heteroatoms. The molecule has 0 amide bonds. The number of carbonyl (C=O) groups excluding carboxylic acids is 3. The second-order valence-corrected chi connectivity index (χ2v) is 8.37. The summed E-state index contributed by atoms with van der Waals surface area (Å²) >= 11 is 1.00. The number of Topliss-reactive ketones (excluding diaryl/α,β-unsaturated/α-hetero) is 1. The topological polar surface area (TPSA) is 103 Å². The summed E-state index contributed by atoms with van der Waals surface area (Å²) in [4.78, 5) is 38.5. The molecule has 1 aromatic heterocycles. The first-order valence-corrected chi connectivity index (χ1v) is 11.4. The minimum atomic E-state index is -0.622. The number of nitrogens with zero attached hydrogens (tertiary/aromatic N) is 1. The fourth-order valence-electron chi connectivity index (χ4n) is 3.09. The molecule has 0 bridgehead atoms. The molecule has 0 aliphatic rings. The van der Waals surface area contributed by atoms with E-state index in [1.165, 1.54) is 6.08 Å². The maximum atomic E-state index is 13.0. The standard InChI is InChI=1S/C25H27NO6S/c1-6-30-24(28)22-16(5)23(25(29)31-7-2)33-21(22)13-19(27)18(14-26)12-17-10-8-9-11-20(17)32-15(3)4/h8-12,15H,6-7,13H2,1-5H3/b18-12+. The Labute approximate surface area is 197 Å². The molecule has 0 unspecified atom stereocenters. The molecule has 1 aromatic carbocycles. The normalized spacial score (nSPS) is 11.1. The van der Waals surface area contributed by atoms with Crippen molar-refractivity contribution in [2.75, 3.05) is 13.2 Å². The van der Waals surface area contributed by atoms with E-state index < -0.39 is 17.7 Å². The largest absolute Gasteiger partial charge is 0.490 e. The zero-order chi connectivity index (χ0) is 24.5. The van der Waals surface area contributed by atoms with Gasteiger partial charge in [-0.3, -0.25) is 4.79 Å². The molecule has 1 heterocycles. The van der Waals surface area contributed by atoms with E-state index in [0.717, 1.165) is 11.3 Å². The monoisotopic (exact) mass is 469 g/mol. The number of ether oxygens (including phenoxy) is 3. The molecule has 0 fully saturated rings. The van der Waals surface area contributed by atoms with Crippen molar-refractivity contribution in [1.29, 1.82) is 5.26 Å². The van der Waals surface area contributed by atoms with Crippen LogP contribution in [-0.2, 0) is 20.7 Å². The first-order chi connectivity index (χ1) is 15.7. The van der Waals surface area contributed by atoms with Crippen LogP contribution in [-0.4, -0.2) is 37.0 Å². The molecule has 174 valence electrons. The Bertz CT molecular complexity index is 1110. The zero-order valence-electron chi connectivity index (χ0n) is 19.4. The predicted octanol–water partition coefficient (Wildman–Crippen LogP) is 4.92. The maximum Gasteiger partial charge on any atom is 0.348 e. The van der Waals surface area contributed by atoms with Crippen LogP contribution in [0.2, 0.25) is 0 Å². The number of hydrogen-bond acceptors (Lipinski definition) is 8. The Balaban J connectivity index is 2.45. The van der Waals surface area contributed by atoms with E-state index in [-0.39, 0.29) is 41.8 Å². The van der Waals surface area contributed by atoms with Crippen LogP contribution in [0.15, 0.2) is 29.8 Å². The Kier molecular flexibility index (Phi) is 9.37. The number of ketones is 1. The van der Waals surface area contributed by atoms with Crippen molar-refractivity contribution in [1.82, 2.24) is 0 Å². The summed E-state index contributed by atoms with van der Waals surface area (Å²) in [7, 11) is 0. The molecular formula is C25H27NO6S. The number of carbonyl (C=O) groups is 3. The lowest BCUT2D eigenvalue weighted by Crippen LogP contribution is -2.12. The average Bonchev–Trinajstić information content (AvgIpc) is 3.08. The van der Waals surface area contributed by atoms with Crippen molar-refractivity contribution in [3.8, 4) is 11.8 Å². The van der Waals surface area contributed by atoms with Gasteiger partial charge in [-0.15, -0.1) is 11.3 Å². The van der Waals surface area contributed by atoms with Crippen molar-refractivity contribution in [3.05, 3.63) is 56.3 Å². The molecular weight excluding hydrogens is 442 g/mol. The molecule has 0 aliphatic carbocycles. The number of hydrogen-bond donors (Lipinski definition) is 0. The Morgan fingerprint density at radius 1 is 1.09 bits per heavy atom. The van der Waals surface area contributed by atoms with Gasteiger partial charge in [0.1, 0.15) is 16.7 Å². The summed E-state index contributed by atoms with van der Waals surface area (Å²) in [6, 6.07) is 9.04. The van der Waals surface area contributed by atoms with Crippen molar-refractivity contribution in [2.45, 2.75) is 47.1 Å². The van der Waals surface area contributed by atoms with Gasteiger partial charge in [0.15, 0.2) is 5.78 Å². The molecule has 0 radical (unpaired) electrons. The second-order valence-electron chi connectivity index (χ2n) is 7.27. The first kappa shape index (κ1) is 25.8. The highest BCUT2D eigenvalue weighted by Gasteiger charge is 2.28. The second kappa shape index (κ2) is 12.0. The quantitative estimate of drug-likeness (QED) is 0.276. The van der Waals surface area contributed by atoms with E-state index in [1.54, 1.807) is 45.0 Å². The Hall–Kier alpha value is -3.44. The van der Waals surface area contributed by atoms with Crippen LogP contribution in [0.1, 0.15) is 63.7 Å². The minimum absolute atomic E-state index is 0.0803. The third-order valence-electron chi connectivity index (χ3n) is 4.48. The van der Waals surface area contributed by atoms with Gasteiger partial charge in [-0.25, -0.2) is 9.59 Å². The van der Waals surface area contributed by atoms with Gasteiger partial charge in [-0.2, -0.15) is 5.26 Å². The van der Waals surface area contributed by atoms with Crippen LogP contribution >= 0.6 is 11.3 Å². The van der Waals surface area contributed by atoms with Crippen LogP contribution < -0.4 is 4.74 Å². The summed E-state index contributed by atoms with van der Waals surface area (Å²) in [5, 5.41) is 9.65. The van der Waals surface area contributed by atoms with Crippen LogP contribution in [0.5, 0.6) is 5.75 Å². The van der Waals surface area contributed by atoms with Gasteiger partial charge in [0.2, 0.25) is 0 Å². The summed E-state index contributed by atoms with van der Waals surface area (Å²) in [6.07, 6.45) is 1.16. The van der Waals surface area contributed by atoms with E-state index in [1.807, 2.05) is 19.9 Å². The van der Waals surface area contributed by atoms with Crippen LogP contribution in [0.25, 0.3) is 6.08 Å². The molecule has 0 aliphatic heterocycles. The lowest BCUT2D eigenvalue weighted by Gasteiger charge is -2.12. The predicted molar refractivity (Wildman–Crippen MR) is 125 cm³/mol. The van der Waals surface area contributed by atoms with Gasteiger partial charge in [-0.05, 0) is 52.3 Å². The van der Waals surface area contributed by atoms with Gasteiger partial charge in [0, 0.05) is 16.9 Å². The number of thiophene rings is 1. The van der Waals surface area contributed by atoms with Crippen LogP contribution in [0.3, 0.4) is 0 Å². The number of allylic oxidation sites excluding steroid dienone is 1. The third-order valence-corrected chi connectivity index (χ3v) is 5.76. The number of para-hydroxylation sites is 1. The molecule has 33 heavy (non-hydrogen) atoms. The average molecular weight is 470 g/mol. The molecule has 2 rings (SSSR count). The van der Waals surface area contributed by atoms with Crippen LogP contribution in [0.4, 0.5) is 0 Å². The van der Waals surface area contributed by atoms with Crippen molar-refractivity contribution in [2.24, 2.45) is 0 Å². The molecule has 0 saturated heterocycles. The SMILES string of the molecule is CCOC(=O)c1sc(CC(=O)/C(C#N)=C/c2ccccc2OC(C)C)c(C(=O)OCC)c1C. The van der Waals surface area contributed by atoms with E-state index in [4.69, 9.17) is 14.2 Å². The fraction of sp³-hybridized carbons (Fsp3) is 0.360. The maximum absolute atomic E-state index is 13.0. The van der Waals surface area contributed by atoms with Gasteiger partial charge < -0.3 is 14.2 Å². The number of benzene rings is 1. The molecule has 0 spiro atoms. The van der Waals surface area contributed by atoms with Crippen LogP contribution in [0, 0.1) is 18.3 Å². The van der Waals surface area contributed by atoms with E-state index in [9.17, 15) is 19.6 Å². The first-order valence-electron chi connectivity index (χ1n) is 10.6. The number of rotatable bonds is 10. The highest BCUT2D eigenvalue weighted by Crippen LogP contribution is 2.31. The Morgan fingerprint density at radius 2 is 1.73 bits per heavy atom. The molecule has 7 nitrogen and oxygen atoms in total. The minimum Gasteiger partial charge on any atom is -0.490 e. The smallest absolute Gasteiger partial charge is 0.348 e. The van der Waals surface area contributed by atoms with Crippen molar-refractivity contribution < 1.29 is 28.6 Å². The molecule has 2 aromatic rings. The Morgan fingerprint density at radius 3 is 2.33 bits per heavy atom. The van der Waals surface area contributed by atoms with E-state index in [2.05, 4.69) is 0 Å². The summed E-state index contributed by atoms with van der Waals surface area (Å²) in [5.41, 5.74) is 1.07. The lowest BCUT2D eigenvalue weighted by atomic mass is 10.0. The van der Waals surface area contributed by atoms with E-state index in [0.29, 0.717) is 21.8 Å². The highest BCUT2D eigenvalue weighted by atomic mass is 32.1. The van der Waals surface area contributed by atoms with Gasteiger partial charge in [0.25, 0.3) is 0 Å². The number of esters is 2. The number of nitriles is 1. The molecule has 0 saturated carbocycles. The third kappa shape index (κ3) is 6.53.